The van der Waals surface area contributed by atoms with E-state index in [1.807, 2.05) is 24.3 Å². The minimum absolute atomic E-state index is 0.256. The van der Waals surface area contributed by atoms with Crippen molar-refractivity contribution in [1.82, 2.24) is 15.8 Å². The number of nitrogens with zero attached hydrogens (tertiary/aromatic N) is 2. The fourth-order valence-corrected chi connectivity index (χ4v) is 3.20. The fraction of sp³-hybridized carbons (Fsp3) is 0.273. The van der Waals surface area contributed by atoms with Crippen molar-refractivity contribution in [3.8, 4) is 11.8 Å². The number of anilines is 1. The maximum Gasteiger partial charge on any atom is 0.321 e. The lowest BCUT2D eigenvalue weighted by atomic mass is 9.98. The molecule has 0 radical (unpaired) electrons. The van der Waals surface area contributed by atoms with Gasteiger partial charge < -0.3 is 15.0 Å². The van der Waals surface area contributed by atoms with Crippen molar-refractivity contribution >= 4 is 23.5 Å². The second-order valence-electron chi connectivity index (χ2n) is 7.02. The number of carbonyl (C=O) groups is 3. The first kappa shape index (κ1) is 21.6. The quantitative estimate of drug-likeness (QED) is 0.638. The molecular weight excluding hydrogens is 398 g/mol. The number of piperidine rings is 1. The highest BCUT2D eigenvalue weighted by Gasteiger charge is 2.28. The molecule has 0 aliphatic carbocycles. The maximum absolute atomic E-state index is 12.4. The molecule has 1 heterocycles. The van der Waals surface area contributed by atoms with Gasteiger partial charge in [-0.1, -0.05) is 30.3 Å². The summed E-state index contributed by atoms with van der Waals surface area (Å²) in [4.78, 5) is 38.4. The molecule has 9 heteroatoms. The number of nitrogens with one attached hydrogen (secondary N) is 3. The Labute approximate surface area is 180 Å². The molecular formula is C22H23N5O4. The van der Waals surface area contributed by atoms with Crippen LogP contribution in [-0.2, 0) is 9.59 Å². The van der Waals surface area contributed by atoms with Gasteiger partial charge in [0.2, 0.25) is 5.91 Å². The van der Waals surface area contributed by atoms with Crippen LogP contribution in [0.1, 0.15) is 18.4 Å². The smallest absolute Gasteiger partial charge is 0.321 e. The van der Waals surface area contributed by atoms with E-state index in [1.165, 1.54) is 0 Å². The highest BCUT2D eigenvalue weighted by molar-refractivity contribution is 5.90. The molecule has 3 rings (SSSR count). The van der Waals surface area contributed by atoms with Gasteiger partial charge in [0.1, 0.15) is 11.8 Å². The summed E-state index contributed by atoms with van der Waals surface area (Å²) in [6, 6.07) is 17.4. The lowest BCUT2D eigenvalue weighted by molar-refractivity contribution is -0.132. The third-order valence-electron chi connectivity index (χ3n) is 4.80. The number of likely N-dealkylation sites (tertiary alicyclic amines) is 1. The number of benzene rings is 2. The number of carbonyl (C=O) groups excluding carboxylic acids is 3. The van der Waals surface area contributed by atoms with Crippen LogP contribution in [0.25, 0.3) is 0 Å². The number of ether oxygens (including phenoxy) is 1. The van der Waals surface area contributed by atoms with Crippen LogP contribution in [0.2, 0.25) is 0 Å². The molecule has 0 saturated carbocycles. The molecule has 2 aromatic carbocycles. The summed E-state index contributed by atoms with van der Waals surface area (Å²) in [5, 5.41) is 11.8. The first-order valence-corrected chi connectivity index (χ1v) is 9.88. The van der Waals surface area contributed by atoms with E-state index in [9.17, 15) is 14.4 Å². The van der Waals surface area contributed by atoms with Crippen LogP contribution in [0, 0.1) is 17.2 Å². The van der Waals surface area contributed by atoms with E-state index in [-0.39, 0.29) is 25.1 Å². The van der Waals surface area contributed by atoms with Crippen molar-refractivity contribution in [2.45, 2.75) is 12.8 Å². The molecule has 3 N–H and O–H groups in total. The molecule has 0 bridgehead atoms. The van der Waals surface area contributed by atoms with Gasteiger partial charge in [-0.05, 0) is 37.1 Å². The first-order chi connectivity index (χ1) is 15.1. The average Bonchev–Trinajstić information content (AvgIpc) is 2.82. The van der Waals surface area contributed by atoms with E-state index < -0.39 is 11.8 Å². The van der Waals surface area contributed by atoms with E-state index in [2.05, 4.69) is 16.2 Å². The highest BCUT2D eigenvalue weighted by atomic mass is 16.5. The van der Waals surface area contributed by atoms with Gasteiger partial charge in [-0.15, -0.1) is 0 Å². The second kappa shape index (κ2) is 10.6. The van der Waals surface area contributed by atoms with E-state index in [1.54, 1.807) is 41.3 Å². The number of hydrazine groups is 1. The van der Waals surface area contributed by atoms with Gasteiger partial charge in [0, 0.05) is 18.8 Å². The first-order valence-electron chi connectivity index (χ1n) is 9.88. The lowest BCUT2D eigenvalue weighted by Crippen LogP contribution is -2.51. The Balaban J connectivity index is 1.44. The normalized spacial score (nSPS) is 15.3. The van der Waals surface area contributed by atoms with Gasteiger partial charge in [-0.25, -0.2) is 4.79 Å². The van der Waals surface area contributed by atoms with Crippen LogP contribution < -0.4 is 20.9 Å². The minimum Gasteiger partial charge on any atom is -0.482 e. The zero-order chi connectivity index (χ0) is 22.1. The molecule has 1 saturated heterocycles. The highest BCUT2D eigenvalue weighted by Crippen LogP contribution is 2.18. The molecule has 160 valence electrons. The van der Waals surface area contributed by atoms with E-state index in [0.717, 1.165) is 0 Å². The molecule has 0 unspecified atom stereocenters. The van der Waals surface area contributed by atoms with Gasteiger partial charge in [0.15, 0.2) is 6.61 Å². The Morgan fingerprint density at radius 2 is 1.81 bits per heavy atom. The van der Waals surface area contributed by atoms with Gasteiger partial charge in [0.05, 0.1) is 11.5 Å². The number of urea groups is 1. The van der Waals surface area contributed by atoms with Gasteiger partial charge in [-0.2, -0.15) is 5.26 Å². The third kappa shape index (κ3) is 6.21. The number of nitriles is 1. The standard InChI is InChI=1S/C22H23N5O4/c23-13-16-7-4-5-11-19(16)31-15-20(28)25-26-21(29)17-8-6-12-27(14-17)22(30)24-18-9-2-1-3-10-18/h1-5,7,9-11,17H,6,8,12,14-15H2,(H,24,30)(H,25,28)(H,26,29)/t17-/m1/s1. The summed E-state index contributed by atoms with van der Waals surface area (Å²) in [7, 11) is 0. The van der Waals surface area contributed by atoms with Crippen molar-refractivity contribution in [2.75, 3.05) is 25.0 Å². The van der Waals surface area contributed by atoms with Crippen molar-refractivity contribution in [3.05, 3.63) is 60.2 Å². The molecule has 0 aromatic heterocycles. The molecule has 0 spiro atoms. The second-order valence-corrected chi connectivity index (χ2v) is 7.02. The Bertz CT molecular complexity index is 973. The zero-order valence-corrected chi connectivity index (χ0v) is 16.8. The lowest BCUT2D eigenvalue weighted by Gasteiger charge is -2.32. The molecule has 1 aliphatic rings. The summed E-state index contributed by atoms with van der Waals surface area (Å²) >= 11 is 0. The third-order valence-corrected chi connectivity index (χ3v) is 4.80. The van der Waals surface area contributed by atoms with E-state index in [0.29, 0.717) is 36.4 Å². The summed E-state index contributed by atoms with van der Waals surface area (Å²) in [5.74, 6) is -1.08. The van der Waals surface area contributed by atoms with Crippen molar-refractivity contribution in [2.24, 2.45) is 5.92 Å². The van der Waals surface area contributed by atoms with E-state index >= 15 is 0 Å². The summed E-state index contributed by atoms with van der Waals surface area (Å²) in [5.41, 5.74) is 5.69. The van der Waals surface area contributed by atoms with Crippen LogP contribution in [-0.4, -0.2) is 42.4 Å². The van der Waals surface area contributed by atoms with Crippen molar-refractivity contribution in [3.63, 3.8) is 0 Å². The van der Waals surface area contributed by atoms with Crippen molar-refractivity contribution < 1.29 is 19.1 Å². The average molecular weight is 421 g/mol. The maximum atomic E-state index is 12.4. The van der Waals surface area contributed by atoms with Gasteiger partial charge in [-0.3, -0.25) is 20.4 Å². The summed E-state index contributed by atoms with van der Waals surface area (Å²) < 4.78 is 5.33. The molecule has 31 heavy (non-hydrogen) atoms. The van der Waals surface area contributed by atoms with Crippen molar-refractivity contribution in [1.29, 1.82) is 5.26 Å². The van der Waals surface area contributed by atoms with E-state index in [4.69, 9.17) is 10.00 Å². The summed E-state index contributed by atoms with van der Waals surface area (Å²) in [6.45, 7) is 0.461. The largest absolute Gasteiger partial charge is 0.482 e. The predicted octanol–water partition coefficient (Wildman–Crippen LogP) is 2.03. The number of amides is 4. The van der Waals surface area contributed by atoms with Crippen LogP contribution in [0.3, 0.4) is 0 Å². The molecule has 9 nitrogen and oxygen atoms in total. The molecule has 1 atom stereocenters. The monoisotopic (exact) mass is 421 g/mol. The summed E-state index contributed by atoms with van der Waals surface area (Å²) in [6.07, 6.45) is 1.30. The zero-order valence-electron chi connectivity index (χ0n) is 16.8. The van der Waals surface area contributed by atoms with Crippen LogP contribution >= 0.6 is 0 Å². The number of hydrogen-bond acceptors (Lipinski definition) is 5. The Kier molecular flexibility index (Phi) is 7.43. The van der Waals surface area contributed by atoms with Gasteiger partial charge >= 0.3 is 6.03 Å². The SMILES string of the molecule is N#Cc1ccccc1OCC(=O)NNC(=O)[C@@H]1CCCN(C(=O)Nc2ccccc2)C1. The van der Waals surface area contributed by atoms with Gasteiger partial charge in [0.25, 0.3) is 5.91 Å². The Hall–Kier alpha value is -4.06. The number of hydrogen-bond donors (Lipinski definition) is 3. The number of rotatable bonds is 5. The topological polar surface area (TPSA) is 124 Å². The van der Waals surface area contributed by atoms with Crippen LogP contribution in [0.5, 0.6) is 5.75 Å². The molecule has 4 amide bonds. The minimum atomic E-state index is -0.560. The fourth-order valence-electron chi connectivity index (χ4n) is 3.20. The predicted molar refractivity (Wildman–Crippen MR) is 113 cm³/mol. The number of para-hydroxylation sites is 2. The van der Waals surface area contributed by atoms with Crippen LogP contribution in [0.4, 0.5) is 10.5 Å². The van der Waals surface area contributed by atoms with Crippen LogP contribution in [0.15, 0.2) is 54.6 Å². The molecule has 1 fully saturated rings. The molecule has 2 aromatic rings. The Morgan fingerprint density at radius 3 is 2.58 bits per heavy atom. The molecule has 1 aliphatic heterocycles. The Morgan fingerprint density at radius 1 is 1.06 bits per heavy atom.